The maximum atomic E-state index is 13.6. The minimum Gasteiger partial charge on any atom is -0.369 e. The molecule has 0 aromatic heterocycles. The Morgan fingerprint density at radius 1 is 1.30 bits per heavy atom. The summed E-state index contributed by atoms with van der Waals surface area (Å²) in [6.07, 6.45) is 0. The van der Waals surface area contributed by atoms with Gasteiger partial charge in [0.1, 0.15) is 5.82 Å². The van der Waals surface area contributed by atoms with E-state index in [0.29, 0.717) is 6.54 Å². The van der Waals surface area contributed by atoms with E-state index in [9.17, 15) is 9.18 Å². The van der Waals surface area contributed by atoms with Crippen LogP contribution in [0.3, 0.4) is 0 Å². The number of nitrogens with one attached hydrogen (secondary N) is 1. The number of carbonyl (C=O) groups excluding carboxylic acids is 1. The van der Waals surface area contributed by atoms with Crippen LogP contribution in [0.5, 0.6) is 0 Å². The van der Waals surface area contributed by atoms with Crippen molar-refractivity contribution in [3.63, 3.8) is 0 Å². The number of likely N-dealkylation sites (N-methyl/N-ethyl adjacent to an activating group) is 1. The summed E-state index contributed by atoms with van der Waals surface area (Å²) in [5, 5.41) is 2.88. The lowest BCUT2D eigenvalue weighted by molar-refractivity contribution is 0.197. The third kappa shape index (κ3) is 4.58. The van der Waals surface area contributed by atoms with Crippen molar-refractivity contribution < 1.29 is 9.18 Å². The second-order valence-electron chi connectivity index (χ2n) is 6.43. The van der Waals surface area contributed by atoms with Crippen LogP contribution in [-0.4, -0.2) is 62.1 Å². The molecule has 0 unspecified atom stereocenters. The number of rotatable bonds is 4. The van der Waals surface area contributed by atoms with Crippen molar-refractivity contribution in [2.75, 3.05) is 45.2 Å². The van der Waals surface area contributed by atoms with Gasteiger partial charge < -0.3 is 20.0 Å². The minimum atomic E-state index is -0.274. The normalized spacial score (nSPS) is 15.8. The second-order valence-corrected chi connectivity index (χ2v) is 6.43. The van der Waals surface area contributed by atoms with Crippen LogP contribution in [0, 0.1) is 5.82 Å². The van der Waals surface area contributed by atoms with Gasteiger partial charge in [-0.1, -0.05) is 0 Å². The number of anilines is 1. The third-order valence-electron chi connectivity index (χ3n) is 4.41. The number of benzene rings is 1. The first-order chi connectivity index (χ1) is 10.9. The fourth-order valence-corrected chi connectivity index (χ4v) is 2.58. The molecule has 0 aliphatic carbocycles. The van der Waals surface area contributed by atoms with Gasteiger partial charge in [0.25, 0.3) is 0 Å². The van der Waals surface area contributed by atoms with E-state index in [1.165, 1.54) is 12.1 Å². The molecule has 1 heterocycles. The number of urea groups is 1. The summed E-state index contributed by atoms with van der Waals surface area (Å²) in [5.41, 5.74) is 1.83. The smallest absolute Gasteiger partial charge is 0.317 e. The first kappa shape index (κ1) is 17.5. The molecule has 1 saturated heterocycles. The zero-order valence-corrected chi connectivity index (χ0v) is 14.5. The van der Waals surface area contributed by atoms with Crippen LogP contribution in [0.4, 0.5) is 14.9 Å². The van der Waals surface area contributed by atoms with E-state index in [1.807, 2.05) is 19.9 Å². The molecule has 0 spiro atoms. The molecule has 1 aromatic carbocycles. The minimum absolute atomic E-state index is 0.125. The quantitative estimate of drug-likeness (QED) is 0.923. The standard InChI is InChI=1S/C17H27FN4O/c1-13(2)21(4)17(23)19-12-14-11-15(18)5-6-16(14)22-9-7-20(3)8-10-22/h5-6,11,13H,7-10,12H2,1-4H3,(H,19,23). The lowest BCUT2D eigenvalue weighted by atomic mass is 10.1. The van der Waals surface area contributed by atoms with E-state index in [4.69, 9.17) is 0 Å². The van der Waals surface area contributed by atoms with E-state index < -0.39 is 0 Å². The molecule has 0 saturated carbocycles. The average Bonchev–Trinajstić information content (AvgIpc) is 2.53. The summed E-state index contributed by atoms with van der Waals surface area (Å²) in [6.45, 7) is 8.03. The maximum absolute atomic E-state index is 13.6. The number of hydrogen-bond acceptors (Lipinski definition) is 3. The van der Waals surface area contributed by atoms with Gasteiger partial charge in [0.2, 0.25) is 0 Å². The maximum Gasteiger partial charge on any atom is 0.317 e. The predicted octanol–water partition coefficient (Wildman–Crippen LogP) is 2.13. The Kier molecular flexibility index (Phi) is 5.82. The molecule has 0 bridgehead atoms. The highest BCUT2D eigenvalue weighted by Gasteiger charge is 2.18. The summed E-state index contributed by atoms with van der Waals surface area (Å²) in [4.78, 5) is 18.2. The van der Waals surface area contributed by atoms with Crippen molar-refractivity contribution in [3.05, 3.63) is 29.6 Å². The summed E-state index contributed by atoms with van der Waals surface area (Å²) in [6, 6.07) is 4.80. The van der Waals surface area contributed by atoms with Gasteiger partial charge in [-0.3, -0.25) is 0 Å². The summed E-state index contributed by atoms with van der Waals surface area (Å²) in [5.74, 6) is -0.274. The summed E-state index contributed by atoms with van der Waals surface area (Å²) < 4.78 is 13.6. The predicted molar refractivity (Wildman–Crippen MR) is 91.2 cm³/mol. The molecule has 23 heavy (non-hydrogen) atoms. The molecule has 1 N–H and O–H groups in total. The van der Waals surface area contributed by atoms with Crippen molar-refractivity contribution in [2.24, 2.45) is 0 Å². The van der Waals surface area contributed by atoms with Gasteiger partial charge in [-0.05, 0) is 44.7 Å². The van der Waals surface area contributed by atoms with Crippen LogP contribution in [0.15, 0.2) is 18.2 Å². The molecule has 1 aliphatic heterocycles. The van der Waals surface area contributed by atoms with Crippen LogP contribution in [0.25, 0.3) is 0 Å². The Morgan fingerprint density at radius 2 is 1.96 bits per heavy atom. The number of piperazine rings is 1. The molecule has 1 aromatic rings. The monoisotopic (exact) mass is 322 g/mol. The van der Waals surface area contributed by atoms with Crippen LogP contribution < -0.4 is 10.2 Å². The van der Waals surface area contributed by atoms with Crippen molar-refractivity contribution in [1.82, 2.24) is 15.1 Å². The molecule has 5 nitrogen and oxygen atoms in total. The lowest BCUT2D eigenvalue weighted by Gasteiger charge is -2.35. The van der Waals surface area contributed by atoms with Gasteiger partial charge in [-0.25, -0.2) is 9.18 Å². The zero-order valence-electron chi connectivity index (χ0n) is 14.5. The van der Waals surface area contributed by atoms with Crippen LogP contribution in [0.1, 0.15) is 19.4 Å². The van der Waals surface area contributed by atoms with Crippen LogP contribution in [-0.2, 0) is 6.54 Å². The van der Waals surface area contributed by atoms with Crippen molar-refractivity contribution in [2.45, 2.75) is 26.4 Å². The number of nitrogens with zero attached hydrogens (tertiary/aromatic N) is 3. The van der Waals surface area contributed by atoms with E-state index in [2.05, 4.69) is 22.2 Å². The van der Waals surface area contributed by atoms with Gasteiger partial charge in [0.15, 0.2) is 0 Å². The topological polar surface area (TPSA) is 38.8 Å². The van der Waals surface area contributed by atoms with Crippen molar-refractivity contribution in [1.29, 1.82) is 0 Å². The molecular formula is C17H27FN4O. The lowest BCUT2D eigenvalue weighted by Crippen LogP contribution is -2.45. The van der Waals surface area contributed by atoms with E-state index >= 15 is 0 Å². The van der Waals surface area contributed by atoms with Crippen LogP contribution in [0.2, 0.25) is 0 Å². The van der Waals surface area contributed by atoms with E-state index in [0.717, 1.165) is 37.4 Å². The molecule has 2 amide bonds. The van der Waals surface area contributed by atoms with Gasteiger partial charge >= 0.3 is 6.03 Å². The highest BCUT2D eigenvalue weighted by atomic mass is 19.1. The molecular weight excluding hydrogens is 295 g/mol. The van der Waals surface area contributed by atoms with Crippen molar-refractivity contribution >= 4 is 11.7 Å². The number of hydrogen-bond donors (Lipinski definition) is 1. The van der Waals surface area contributed by atoms with E-state index in [1.54, 1.807) is 11.9 Å². The first-order valence-electron chi connectivity index (χ1n) is 8.11. The number of halogens is 1. The average molecular weight is 322 g/mol. The largest absolute Gasteiger partial charge is 0.369 e. The highest BCUT2D eigenvalue weighted by molar-refractivity contribution is 5.74. The SMILES string of the molecule is CC(C)N(C)C(=O)NCc1cc(F)ccc1N1CCN(C)CC1. The van der Waals surface area contributed by atoms with Gasteiger partial charge in [-0.15, -0.1) is 0 Å². The highest BCUT2D eigenvalue weighted by Crippen LogP contribution is 2.23. The van der Waals surface area contributed by atoms with E-state index in [-0.39, 0.29) is 17.9 Å². The van der Waals surface area contributed by atoms with Crippen LogP contribution >= 0.6 is 0 Å². The Labute approximate surface area is 138 Å². The molecule has 2 rings (SSSR count). The molecule has 0 atom stereocenters. The number of amides is 2. The summed E-state index contributed by atoms with van der Waals surface area (Å²) >= 11 is 0. The molecule has 6 heteroatoms. The van der Waals surface area contributed by atoms with Gasteiger partial charge in [0.05, 0.1) is 0 Å². The third-order valence-corrected chi connectivity index (χ3v) is 4.41. The van der Waals surface area contributed by atoms with Crippen molar-refractivity contribution in [3.8, 4) is 0 Å². The molecule has 0 radical (unpaired) electrons. The van der Waals surface area contributed by atoms with Gasteiger partial charge in [-0.2, -0.15) is 0 Å². The summed E-state index contributed by atoms with van der Waals surface area (Å²) in [7, 11) is 3.86. The Hall–Kier alpha value is -1.82. The number of carbonyl (C=O) groups is 1. The van der Waals surface area contributed by atoms with Gasteiger partial charge in [0, 0.05) is 51.5 Å². The first-order valence-corrected chi connectivity index (χ1v) is 8.11. The zero-order chi connectivity index (χ0) is 17.0. The fourth-order valence-electron chi connectivity index (χ4n) is 2.58. The molecule has 1 aliphatic rings. The Bertz CT molecular complexity index is 541. The Balaban J connectivity index is 2.08. The fraction of sp³-hybridized carbons (Fsp3) is 0.588. The second kappa shape index (κ2) is 7.64. The molecule has 128 valence electrons. The molecule has 1 fully saturated rings. The Morgan fingerprint density at radius 3 is 2.57 bits per heavy atom.